The second-order valence-electron chi connectivity index (χ2n) is 3.66. The molecule has 1 N–H and O–H groups in total. The second-order valence-corrected chi connectivity index (χ2v) is 5.04. The maximum atomic E-state index is 12.9. The summed E-state index contributed by atoms with van der Waals surface area (Å²) in [6.45, 7) is 2.01. The van der Waals surface area contributed by atoms with Crippen LogP contribution < -0.4 is 5.32 Å². The minimum Gasteiger partial charge on any atom is -0.316 e. The molecule has 0 bridgehead atoms. The quantitative estimate of drug-likeness (QED) is 0.837. The predicted molar refractivity (Wildman–Crippen MR) is 58.1 cm³/mol. The Morgan fingerprint density at radius 2 is 2.13 bits per heavy atom. The Bertz CT molecular complexity index is 337. The van der Waals surface area contributed by atoms with E-state index in [4.69, 9.17) is 0 Å². The molecule has 1 aliphatic rings. The number of hydrogen-bond acceptors (Lipinski definition) is 2. The van der Waals surface area contributed by atoms with E-state index in [0.29, 0.717) is 5.25 Å². The molecule has 15 heavy (non-hydrogen) atoms. The molecule has 1 aromatic rings. The monoisotopic (exact) mass is 229 g/mol. The molecule has 1 unspecified atom stereocenters. The summed E-state index contributed by atoms with van der Waals surface area (Å²) in [6, 6.07) is 4.10. The molecule has 0 aromatic heterocycles. The first-order valence-corrected chi connectivity index (χ1v) is 5.96. The second kappa shape index (κ2) is 4.94. The summed E-state index contributed by atoms with van der Waals surface area (Å²) < 4.78 is 25.6. The van der Waals surface area contributed by atoms with Crippen LogP contribution in [0.2, 0.25) is 0 Å². The number of nitrogens with one attached hydrogen (secondary N) is 1. The number of piperidine rings is 1. The SMILES string of the molecule is Fc1ccc(SC2CCCNC2)cc1F. The number of benzene rings is 1. The minimum absolute atomic E-state index is 0.476. The van der Waals surface area contributed by atoms with E-state index >= 15 is 0 Å². The van der Waals surface area contributed by atoms with E-state index < -0.39 is 11.6 Å². The number of hydrogen-bond donors (Lipinski definition) is 1. The van der Waals surface area contributed by atoms with E-state index in [1.165, 1.54) is 12.1 Å². The molecule has 1 saturated heterocycles. The molecule has 0 saturated carbocycles. The van der Waals surface area contributed by atoms with Crippen LogP contribution in [0.15, 0.2) is 23.1 Å². The maximum Gasteiger partial charge on any atom is 0.159 e. The summed E-state index contributed by atoms with van der Waals surface area (Å²) >= 11 is 1.62. The molecule has 1 aliphatic heterocycles. The van der Waals surface area contributed by atoms with Gasteiger partial charge in [0.15, 0.2) is 11.6 Å². The Morgan fingerprint density at radius 3 is 2.80 bits per heavy atom. The summed E-state index contributed by atoms with van der Waals surface area (Å²) in [7, 11) is 0. The van der Waals surface area contributed by atoms with Gasteiger partial charge in [-0.3, -0.25) is 0 Å². The topological polar surface area (TPSA) is 12.0 Å². The summed E-state index contributed by atoms with van der Waals surface area (Å²) in [4.78, 5) is 0.808. The fourth-order valence-electron chi connectivity index (χ4n) is 1.66. The third-order valence-electron chi connectivity index (χ3n) is 2.45. The Hall–Kier alpha value is -0.610. The van der Waals surface area contributed by atoms with E-state index in [1.54, 1.807) is 17.8 Å². The summed E-state index contributed by atoms with van der Waals surface area (Å²) in [5, 5.41) is 3.77. The van der Waals surface area contributed by atoms with Gasteiger partial charge in [0.05, 0.1) is 0 Å². The van der Waals surface area contributed by atoms with Crippen LogP contribution in [0.5, 0.6) is 0 Å². The lowest BCUT2D eigenvalue weighted by atomic mass is 10.2. The highest BCUT2D eigenvalue weighted by Crippen LogP contribution is 2.28. The third kappa shape index (κ3) is 2.92. The predicted octanol–water partition coefficient (Wildman–Crippen LogP) is 2.81. The Kier molecular flexibility index (Phi) is 3.59. The van der Waals surface area contributed by atoms with Gasteiger partial charge in [0.1, 0.15) is 0 Å². The smallest absolute Gasteiger partial charge is 0.159 e. The molecule has 4 heteroatoms. The van der Waals surface area contributed by atoms with Crippen molar-refractivity contribution in [2.45, 2.75) is 23.0 Å². The zero-order chi connectivity index (χ0) is 10.7. The first-order chi connectivity index (χ1) is 7.25. The van der Waals surface area contributed by atoms with Crippen LogP contribution in [0.1, 0.15) is 12.8 Å². The van der Waals surface area contributed by atoms with Gasteiger partial charge in [-0.05, 0) is 37.6 Å². The Labute approximate surface area is 92.3 Å². The van der Waals surface area contributed by atoms with Crippen molar-refractivity contribution in [3.8, 4) is 0 Å². The lowest BCUT2D eigenvalue weighted by molar-refractivity contribution is 0.505. The van der Waals surface area contributed by atoms with Gasteiger partial charge in [-0.1, -0.05) is 0 Å². The van der Waals surface area contributed by atoms with Crippen molar-refractivity contribution in [3.63, 3.8) is 0 Å². The van der Waals surface area contributed by atoms with Gasteiger partial charge in [-0.2, -0.15) is 0 Å². The van der Waals surface area contributed by atoms with Gasteiger partial charge in [-0.15, -0.1) is 11.8 Å². The zero-order valence-electron chi connectivity index (χ0n) is 8.30. The number of halogens is 2. The Balaban J connectivity index is 2.00. The van der Waals surface area contributed by atoms with Gasteiger partial charge < -0.3 is 5.32 Å². The van der Waals surface area contributed by atoms with Crippen LogP contribution in [0.3, 0.4) is 0 Å². The molecule has 1 aromatic carbocycles. The average molecular weight is 229 g/mol. The van der Waals surface area contributed by atoms with E-state index in [0.717, 1.165) is 30.8 Å². The molecular formula is C11H13F2NS. The van der Waals surface area contributed by atoms with E-state index in [1.807, 2.05) is 0 Å². The first-order valence-electron chi connectivity index (χ1n) is 5.08. The highest BCUT2D eigenvalue weighted by Gasteiger charge is 2.14. The van der Waals surface area contributed by atoms with Crippen molar-refractivity contribution in [3.05, 3.63) is 29.8 Å². The van der Waals surface area contributed by atoms with E-state index in [2.05, 4.69) is 5.32 Å². The summed E-state index contributed by atoms with van der Waals surface area (Å²) in [6.07, 6.45) is 2.29. The molecule has 1 fully saturated rings. The Morgan fingerprint density at radius 1 is 1.27 bits per heavy atom. The molecule has 1 heterocycles. The van der Waals surface area contributed by atoms with Crippen LogP contribution in [-0.4, -0.2) is 18.3 Å². The molecule has 1 nitrogen and oxygen atoms in total. The molecule has 82 valence electrons. The van der Waals surface area contributed by atoms with Crippen LogP contribution in [0.25, 0.3) is 0 Å². The highest BCUT2D eigenvalue weighted by molar-refractivity contribution is 8.00. The van der Waals surface area contributed by atoms with Crippen molar-refractivity contribution >= 4 is 11.8 Å². The molecule has 0 amide bonds. The van der Waals surface area contributed by atoms with Gasteiger partial charge in [0, 0.05) is 16.7 Å². The molecule has 0 spiro atoms. The normalized spacial score (nSPS) is 21.6. The van der Waals surface area contributed by atoms with Gasteiger partial charge >= 0.3 is 0 Å². The summed E-state index contributed by atoms with van der Waals surface area (Å²) in [5.74, 6) is -1.54. The number of thioether (sulfide) groups is 1. The van der Waals surface area contributed by atoms with Crippen LogP contribution in [-0.2, 0) is 0 Å². The van der Waals surface area contributed by atoms with Crippen molar-refractivity contribution in [2.75, 3.05) is 13.1 Å². The molecule has 0 aliphatic carbocycles. The van der Waals surface area contributed by atoms with Crippen LogP contribution >= 0.6 is 11.8 Å². The fraction of sp³-hybridized carbons (Fsp3) is 0.455. The van der Waals surface area contributed by atoms with Crippen LogP contribution in [0.4, 0.5) is 8.78 Å². The maximum absolute atomic E-state index is 12.9. The lowest BCUT2D eigenvalue weighted by Crippen LogP contribution is -2.31. The van der Waals surface area contributed by atoms with Gasteiger partial charge in [-0.25, -0.2) is 8.78 Å². The minimum atomic E-state index is -0.777. The van der Waals surface area contributed by atoms with Crippen molar-refractivity contribution in [1.82, 2.24) is 5.32 Å². The average Bonchev–Trinajstić information content (AvgIpc) is 2.25. The van der Waals surface area contributed by atoms with Crippen LogP contribution in [0, 0.1) is 11.6 Å². The van der Waals surface area contributed by atoms with Gasteiger partial charge in [0.25, 0.3) is 0 Å². The first kappa shape index (κ1) is 10.9. The largest absolute Gasteiger partial charge is 0.316 e. The highest BCUT2D eigenvalue weighted by atomic mass is 32.2. The molecule has 1 atom stereocenters. The standard InChI is InChI=1S/C11H13F2NS/c12-10-4-3-8(6-11(10)13)15-9-2-1-5-14-7-9/h3-4,6,9,14H,1-2,5,7H2. The van der Waals surface area contributed by atoms with Gasteiger partial charge in [0.2, 0.25) is 0 Å². The third-order valence-corrected chi connectivity index (χ3v) is 3.71. The lowest BCUT2D eigenvalue weighted by Gasteiger charge is -2.22. The number of rotatable bonds is 2. The van der Waals surface area contributed by atoms with Crippen molar-refractivity contribution in [1.29, 1.82) is 0 Å². The zero-order valence-corrected chi connectivity index (χ0v) is 9.12. The van der Waals surface area contributed by atoms with E-state index in [-0.39, 0.29) is 0 Å². The fourth-order valence-corrected chi connectivity index (χ4v) is 2.85. The molecule has 0 radical (unpaired) electrons. The summed E-state index contributed by atoms with van der Waals surface area (Å²) in [5.41, 5.74) is 0. The molecular weight excluding hydrogens is 216 g/mol. The van der Waals surface area contributed by atoms with Crippen molar-refractivity contribution in [2.24, 2.45) is 0 Å². The molecule has 2 rings (SSSR count). The van der Waals surface area contributed by atoms with E-state index in [9.17, 15) is 8.78 Å². The van der Waals surface area contributed by atoms with Crippen molar-refractivity contribution < 1.29 is 8.78 Å².